The summed E-state index contributed by atoms with van der Waals surface area (Å²) in [5, 5.41) is 2.92. The number of ether oxygens (including phenoxy) is 1. The zero-order valence-electron chi connectivity index (χ0n) is 12.3. The van der Waals surface area contributed by atoms with E-state index in [1.807, 2.05) is 36.4 Å². The fourth-order valence-corrected chi connectivity index (χ4v) is 2.97. The zero-order chi connectivity index (χ0) is 15.7. The first kappa shape index (κ1) is 14.8. The molecule has 22 heavy (non-hydrogen) atoms. The first-order valence-electron chi connectivity index (χ1n) is 6.99. The smallest absolute Gasteiger partial charge is 0.275 e. The third-order valence-electron chi connectivity index (χ3n) is 3.59. The van der Waals surface area contributed by atoms with E-state index in [-0.39, 0.29) is 5.91 Å². The van der Waals surface area contributed by atoms with E-state index in [4.69, 9.17) is 4.74 Å². The van der Waals surface area contributed by atoms with Crippen LogP contribution in [0.25, 0.3) is 0 Å². The minimum Gasteiger partial charge on any atom is -0.497 e. The average Bonchev–Trinajstić information content (AvgIpc) is 2.83. The number of amides is 1. The van der Waals surface area contributed by atoms with E-state index >= 15 is 0 Å². The number of fused-ring (bicyclic) bond motifs is 1. The maximum absolute atomic E-state index is 12.3. The van der Waals surface area contributed by atoms with E-state index in [9.17, 15) is 4.79 Å². The van der Waals surface area contributed by atoms with Crippen molar-refractivity contribution in [3.63, 3.8) is 0 Å². The molecule has 1 heterocycles. The molecule has 1 aliphatic heterocycles. The first-order chi connectivity index (χ1) is 10.6. The maximum atomic E-state index is 12.3. The van der Waals surface area contributed by atoms with Crippen LogP contribution in [0.15, 0.2) is 45.9 Å². The number of halogens is 1. The molecule has 1 amide bonds. The lowest BCUT2D eigenvalue weighted by atomic mass is 10.0. The standard InChI is InChI=1S/C17H15BrN2O2/c1-3-10-8-11(18)9-14-15(10)20-17(21)16(14)19-12-4-6-13(22-2)7-5-12/h4-9H,3H2,1-2H3,(H,19,20,21). The summed E-state index contributed by atoms with van der Waals surface area (Å²) >= 11 is 3.50. The van der Waals surface area contributed by atoms with E-state index in [1.165, 1.54) is 0 Å². The molecule has 5 heteroatoms. The molecular weight excluding hydrogens is 344 g/mol. The molecule has 112 valence electrons. The number of rotatable bonds is 3. The molecule has 0 unspecified atom stereocenters. The number of hydrogen-bond acceptors (Lipinski definition) is 3. The molecular formula is C17H15BrN2O2. The van der Waals surface area contributed by atoms with Crippen molar-refractivity contribution in [3.8, 4) is 5.75 Å². The minimum absolute atomic E-state index is 0.168. The number of nitrogens with zero attached hydrogens (tertiary/aromatic N) is 1. The number of nitrogens with one attached hydrogen (secondary N) is 1. The van der Waals surface area contributed by atoms with Crippen molar-refractivity contribution in [2.45, 2.75) is 13.3 Å². The highest BCUT2D eigenvalue weighted by Gasteiger charge is 2.28. The first-order valence-corrected chi connectivity index (χ1v) is 7.78. The molecule has 0 radical (unpaired) electrons. The molecule has 3 rings (SSSR count). The van der Waals surface area contributed by atoms with Gasteiger partial charge in [0.15, 0.2) is 0 Å². The molecule has 0 fully saturated rings. The Kier molecular flexibility index (Phi) is 3.98. The van der Waals surface area contributed by atoms with Gasteiger partial charge in [0, 0.05) is 10.0 Å². The Morgan fingerprint density at radius 2 is 1.95 bits per heavy atom. The fraction of sp³-hybridized carbons (Fsp3) is 0.176. The highest BCUT2D eigenvalue weighted by Crippen LogP contribution is 2.33. The van der Waals surface area contributed by atoms with Gasteiger partial charge in [0.2, 0.25) is 0 Å². The summed E-state index contributed by atoms with van der Waals surface area (Å²) in [5.41, 5.74) is 3.96. The Morgan fingerprint density at radius 1 is 1.23 bits per heavy atom. The second kappa shape index (κ2) is 5.93. The summed E-state index contributed by atoms with van der Waals surface area (Å²) in [7, 11) is 1.62. The molecule has 1 N–H and O–H groups in total. The van der Waals surface area contributed by atoms with Crippen molar-refractivity contribution in [3.05, 3.63) is 52.0 Å². The van der Waals surface area contributed by atoms with Crippen molar-refractivity contribution in [1.29, 1.82) is 0 Å². The van der Waals surface area contributed by atoms with Crippen LogP contribution in [0, 0.1) is 0 Å². The summed E-state index contributed by atoms with van der Waals surface area (Å²) in [6.07, 6.45) is 0.845. The topological polar surface area (TPSA) is 50.7 Å². The van der Waals surface area contributed by atoms with Crippen molar-refractivity contribution >= 4 is 38.9 Å². The van der Waals surface area contributed by atoms with Gasteiger partial charge in [0.05, 0.1) is 18.5 Å². The van der Waals surface area contributed by atoms with E-state index in [2.05, 4.69) is 33.2 Å². The van der Waals surface area contributed by atoms with E-state index < -0.39 is 0 Å². The number of methoxy groups -OCH3 is 1. The largest absolute Gasteiger partial charge is 0.497 e. The van der Waals surface area contributed by atoms with Gasteiger partial charge in [0.1, 0.15) is 11.5 Å². The lowest BCUT2D eigenvalue weighted by molar-refractivity contribution is -0.110. The molecule has 1 aliphatic rings. The van der Waals surface area contributed by atoms with Crippen LogP contribution >= 0.6 is 15.9 Å². The molecule has 0 saturated carbocycles. The van der Waals surface area contributed by atoms with Crippen molar-refractivity contribution in [2.24, 2.45) is 4.99 Å². The summed E-state index contributed by atoms with van der Waals surface area (Å²) in [6, 6.07) is 11.3. The summed E-state index contributed by atoms with van der Waals surface area (Å²) < 4.78 is 6.07. The van der Waals surface area contributed by atoms with Crippen molar-refractivity contribution in [2.75, 3.05) is 12.4 Å². The van der Waals surface area contributed by atoms with Gasteiger partial charge in [-0.2, -0.15) is 0 Å². The van der Waals surface area contributed by atoms with Crippen LogP contribution in [0.3, 0.4) is 0 Å². The number of aliphatic imine (C=N–C) groups is 1. The van der Waals surface area contributed by atoms with Crippen LogP contribution in [-0.4, -0.2) is 18.7 Å². The third kappa shape index (κ3) is 2.64. The average molecular weight is 359 g/mol. The molecule has 0 aliphatic carbocycles. The molecule has 2 aromatic rings. The van der Waals surface area contributed by atoms with Gasteiger partial charge in [-0.15, -0.1) is 0 Å². The normalized spacial score (nSPS) is 14.9. The SMILES string of the molecule is CCc1cc(Br)cc2c1NC(=O)C2=Nc1ccc(OC)cc1. The Labute approximate surface area is 137 Å². The Morgan fingerprint density at radius 3 is 2.59 bits per heavy atom. The predicted octanol–water partition coefficient (Wildman–Crippen LogP) is 4.09. The predicted molar refractivity (Wildman–Crippen MR) is 91.3 cm³/mol. The maximum Gasteiger partial charge on any atom is 0.275 e. The highest BCUT2D eigenvalue weighted by atomic mass is 79.9. The third-order valence-corrected chi connectivity index (χ3v) is 4.05. The lowest BCUT2D eigenvalue weighted by Crippen LogP contribution is -2.14. The van der Waals surface area contributed by atoms with Crippen molar-refractivity contribution in [1.82, 2.24) is 0 Å². The number of benzene rings is 2. The number of aryl methyl sites for hydroxylation is 1. The van der Waals surface area contributed by atoms with Crippen LogP contribution in [0.4, 0.5) is 11.4 Å². The molecule has 0 bridgehead atoms. The quantitative estimate of drug-likeness (QED) is 0.897. The Bertz CT molecular complexity index is 767. The minimum atomic E-state index is -0.168. The molecule has 0 atom stereocenters. The number of carbonyl (C=O) groups is 1. The summed E-state index contributed by atoms with van der Waals surface area (Å²) in [5.74, 6) is 0.592. The van der Waals surface area contributed by atoms with Gasteiger partial charge >= 0.3 is 0 Å². The molecule has 0 saturated heterocycles. The van der Waals surface area contributed by atoms with Gasteiger partial charge in [-0.3, -0.25) is 4.79 Å². The second-order valence-corrected chi connectivity index (χ2v) is 5.87. The van der Waals surface area contributed by atoms with Crippen LogP contribution in [-0.2, 0) is 11.2 Å². The van der Waals surface area contributed by atoms with Gasteiger partial charge < -0.3 is 10.1 Å². The lowest BCUT2D eigenvalue weighted by Gasteiger charge is -2.06. The summed E-state index contributed by atoms with van der Waals surface area (Å²) in [4.78, 5) is 16.8. The molecule has 0 aromatic heterocycles. The Hall–Kier alpha value is -2.14. The van der Waals surface area contributed by atoms with E-state index in [0.29, 0.717) is 5.71 Å². The number of hydrogen-bond donors (Lipinski definition) is 1. The second-order valence-electron chi connectivity index (χ2n) is 4.95. The highest BCUT2D eigenvalue weighted by molar-refractivity contribution is 9.10. The van der Waals surface area contributed by atoms with Crippen LogP contribution in [0.1, 0.15) is 18.1 Å². The number of carbonyl (C=O) groups excluding carboxylic acids is 1. The van der Waals surface area contributed by atoms with Gasteiger partial charge in [-0.05, 0) is 48.4 Å². The van der Waals surface area contributed by atoms with Crippen molar-refractivity contribution < 1.29 is 9.53 Å². The monoisotopic (exact) mass is 358 g/mol. The van der Waals surface area contributed by atoms with Crippen LogP contribution in [0.5, 0.6) is 5.75 Å². The van der Waals surface area contributed by atoms with Gasteiger partial charge in [-0.1, -0.05) is 22.9 Å². The van der Waals surface area contributed by atoms with E-state index in [0.717, 1.165) is 39.1 Å². The molecule has 4 nitrogen and oxygen atoms in total. The molecule has 2 aromatic carbocycles. The Balaban J connectivity index is 2.07. The fourth-order valence-electron chi connectivity index (χ4n) is 2.47. The van der Waals surface area contributed by atoms with Gasteiger partial charge in [-0.25, -0.2) is 4.99 Å². The summed E-state index contributed by atoms with van der Waals surface area (Å²) in [6.45, 7) is 2.06. The van der Waals surface area contributed by atoms with E-state index in [1.54, 1.807) is 7.11 Å². The zero-order valence-corrected chi connectivity index (χ0v) is 13.9. The van der Waals surface area contributed by atoms with Gasteiger partial charge in [0.25, 0.3) is 5.91 Å². The number of anilines is 1. The molecule has 0 spiro atoms. The van der Waals surface area contributed by atoms with Crippen LogP contribution < -0.4 is 10.1 Å². The van der Waals surface area contributed by atoms with Crippen LogP contribution in [0.2, 0.25) is 0 Å².